The molecule has 2 amide bonds. The molecule has 7 heteroatoms. The van der Waals surface area contributed by atoms with E-state index in [0.717, 1.165) is 32.9 Å². The fourth-order valence-electron chi connectivity index (χ4n) is 3.00. The highest BCUT2D eigenvalue weighted by Crippen LogP contribution is 2.35. The van der Waals surface area contributed by atoms with Gasteiger partial charge in [0.25, 0.3) is 11.1 Å². The van der Waals surface area contributed by atoms with Crippen molar-refractivity contribution in [2.75, 3.05) is 0 Å². The summed E-state index contributed by atoms with van der Waals surface area (Å²) in [4.78, 5) is 26.7. The smallest absolute Gasteiger partial charge is 0.293 e. The van der Waals surface area contributed by atoms with Crippen LogP contribution in [-0.4, -0.2) is 16.0 Å². The Morgan fingerprint density at radius 3 is 2.72 bits per heavy atom. The van der Waals surface area contributed by atoms with Crippen molar-refractivity contribution in [1.82, 2.24) is 4.90 Å². The Labute approximate surface area is 185 Å². The number of rotatable bonds is 4. The minimum Gasteiger partial charge on any atom is -0.457 e. The van der Waals surface area contributed by atoms with Gasteiger partial charge in [0.15, 0.2) is 0 Å². The Hall–Kier alpha value is -2.28. The van der Waals surface area contributed by atoms with Crippen LogP contribution in [0.25, 0.3) is 17.4 Å². The van der Waals surface area contributed by atoms with Gasteiger partial charge in [0.05, 0.1) is 11.4 Å². The zero-order valence-electron chi connectivity index (χ0n) is 15.3. The molecule has 0 N–H and O–H groups in total. The van der Waals surface area contributed by atoms with Crippen molar-refractivity contribution in [3.05, 3.63) is 85.9 Å². The molecule has 1 fully saturated rings. The van der Waals surface area contributed by atoms with Crippen LogP contribution in [-0.2, 0) is 11.3 Å². The molecule has 0 bridgehead atoms. The Morgan fingerprint density at radius 1 is 1.14 bits per heavy atom. The maximum Gasteiger partial charge on any atom is 0.293 e. The number of thioether (sulfide) groups is 1. The number of aryl methyl sites for hydroxylation is 1. The molecule has 1 aromatic heterocycles. The topological polar surface area (TPSA) is 50.5 Å². The summed E-state index contributed by atoms with van der Waals surface area (Å²) in [5.74, 6) is 0.835. The monoisotopic (exact) mass is 487 g/mol. The van der Waals surface area contributed by atoms with Crippen molar-refractivity contribution >= 4 is 56.5 Å². The minimum absolute atomic E-state index is 0.217. The lowest BCUT2D eigenvalue weighted by atomic mass is 10.1. The molecule has 29 heavy (non-hydrogen) atoms. The molecule has 4 rings (SSSR count). The van der Waals surface area contributed by atoms with Gasteiger partial charge < -0.3 is 4.42 Å². The van der Waals surface area contributed by atoms with Gasteiger partial charge in [-0.05, 0) is 60.1 Å². The molecule has 1 aliphatic rings. The number of amides is 2. The van der Waals surface area contributed by atoms with Gasteiger partial charge in [-0.25, -0.2) is 0 Å². The predicted molar refractivity (Wildman–Crippen MR) is 120 cm³/mol. The van der Waals surface area contributed by atoms with E-state index < -0.39 is 0 Å². The standard InChI is InChI=1S/C22H15BrClNO3S/c1-13-6-7-15(24)10-17(13)19-9-8-16(28-19)11-20-21(26)25(22(27)29-20)12-14-4-2-3-5-18(14)23/h2-11H,12H2,1H3/b20-11-. The molecule has 0 aliphatic carbocycles. The number of benzene rings is 2. The van der Waals surface area contributed by atoms with E-state index in [9.17, 15) is 9.59 Å². The van der Waals surface area contributed by atoms with E-state index >= 15 is 0 Å². The fraction of sp³-hybridized carbons (Fsp3) is 0.0909. The summed E-state index contributed by atoms with van der Waals surface area (Å²) in [6, 6.07) is 16.7. The van der Waals surface area contributed by atoms with Gasteiger partial charge in [0.2, 0.25) is 0 Å². The number of hydrogen-bond donors (Lipinski definition) is 0. The second-order valence-electron chi connectivity index (χ2n) is 6.52. The van der Waals surface area contributed by atoms with Crippen molar-refractivity contribution in [2.45, 2.75) is 13.5 Å². The molecule has 2 heterocycles. The van der Waals surface area contributed by atoms with Crippen LogP contribution in [0.4, 0.5) is 4.79 Å². The molecular formula is C22H15BrClNO3S. The quantitative estimate of drug-likeness (QED) is 0.375. The zero-order chi connectivity index (χ0) is 20.5. The molecule has 0 atom stereocenters. The third-order valence-corrected chi connectivity index (χ3v) is 6.44. The number of carbonyl (C=O) groups excluding carboxylic acids is 2. The summed E-state index contributed by atoms with van der Waals surface area (Å²) >= 11 is 10.5. The van der Waals surface area contributed by atoms with Gasteiger partial charge in [0, 0.05) is 21.1 Å². The predicted octanol–water partition coefficient (Wildman–Crippen LogP) is 6.91. The third-order valence-electron chi connectivity index (χ3n) is 4.53. The second kappa shape index (κ2) is 8.22. The van der Waals surface area contributed by atoms with E-state index in [1.54, 1.807) is 12.1 Å². The van der Waals surface area contributed by atoms with Gasteiger partial charge >= 0.3 is 0 Å². The van der Waals surface area contributed by atoms with Crippen LogP contribution in [0.5, 0.6) is 0 Å². The molecule has 1 aliphatic heterocycles. The van der Waals surface area contributed by atoms with Crippen molar-refractivity contribution in [3.8, 4) is 11.3 Å². The van der Waals surface area contributed by atoms with Crippen LogP contribution in [0.1, 0.15) is 16.9 Å². The highest BCUT2D eigenvalue weighted by Gasteiger charge is 2.35. The average Bonchev–Trinajstić information content (AvgIpc) is 3.25. The Balaban J connectivity index is 1.57. The first-order valence-corrected chi connectivity index (χ1v) is 10.8. The van der Waals surface area contributed by atoms with E-state index in [4.69, 9.17) is 16.0 Å². The first kappa shape index (κ1) is 20.0. The molecule has 0 unspecified atom stereocenters. The lowest BCUT2D eigenvalue weighted by molar-refractivity contribution is -0.123. The first-order chi connectivity index (χ1) is 13.9. The molecule has 0 saturated carbocycles. The normalized spacial score (nSPS) is 15.6. The van der Waals surface area contributed by atoms with Crippen molar-refractivity contribution in [2.24, 2.45) is 0 Å². The first-order valence-electron chi connectivity index (χ1n) is 8.77. The van der Waals surface area contributed by atoms with Gasteiger partial charge in [-0.3, -0.25) is 14.5 Å². The van der Waals surface area contributed by atoms with Gasteiger partial charge in [0.1, 0.15) is 11.5 Å². The van der Waals surface area contributed by atoms with Gasteiger partial charge in [-0.2, -0.15) is 0 Å². The van der Waals surface area contributed by atoms with Crippen LogP contribution in [0.3, 0.4) is 0 Å². The molecule has 0 spiro atoms. The zero-order valence-corrected chi connectivity index (χ0v) is 18.5. The van der Waals surface area contributed by atoms with Crippen molar-refractivity contribution < 1.29 is 14.0 Å². The van der Waals surface area contributed by atoms with Crippen LogP contribution in [0.15, 0.2) is 68.4 Å². The maximum absolute atomic E-state index is 12.8. The minimum atomic E-state index is -0.326. The van der Waals surface area contributed by atoms with Crippen LogP contribution >= 0.6 is 39.3 Å². The van der Waals surface area contributed by atoms with E-state index in [1.165, 1.54) is 4.90 Å². The molecular weight excluding hydrogens is 474 g/mol. The Kier molecular flexibility index (Phi) is 5.67. The second-order valence-corrected chi connectivity index (χ2v) is 8.80. The lowest BCUT2D eigenvalue weighted by Crippen LogP contribution is -2.27. The third kappa shape index (κ3) is 4.20. The molecule has 3 aromatic rings. The number of nitrogens with zero attached hydrogens (tertiary/aromatic N) is 1. The number of furan rings is 1. The SMILES string of the molecule is Cc1ccc(Cl)cc1-c1ccc(/C=C2\SC(=O)N(Cc3ccccc3Br)C2=O)o1. The van der Waals surface area contributed by atoms with Crippen molar-refractivity contribution in [1.29, 1.82) is 0 Å². The number of halogens is 2. The summed E-state index contributed by atoms with van der Waals surface area (Å²) in [6.07, 6.45) is 1.61. The van der Waals surface area contributed by atoms with Crippen LogP contribution in [0, 0.1) is 6.92 Å². The average molecular weight is 489 g/mol. The molecule has 2 aromatic carbocycles. The fourth-order valence-corrected chi connectivity index (χ4v) is 4.40. The lowest BCUT2D eigenvalue weighted by Gasteiger charge is -2.13. The summed E-state index contributed by atoms with van der Waals surface area (Å²) in [7, 11) is 0. The maximum atomic E-state index is 12.8. The van der Waals surface area contributed by atoms with Crippen molar-refractivity contribution in [3.63, 3.8) is 0 Å². The molecule has 4 nitrogen and oxygen atoms in total. The number of hydrogen-bond acceptors (Lipinski definition) is 4. The highest BCUT2D eigenvalue weighted by atomic mass is 79.9. The largest absolute Gasteiger partial charge is 0.457 e. The molecule has 0 radical (unpaired) electrons. The summed E-state index contributed by atoms with van der Waals surface area (Å²) in [5, 5.41) is 0.325. The Morgan fingerprint density at radius 2 is 1.93 bits per heavy atom. The van der Waals surface area contributed by atoms with Crippen LogP contribution < -0.4 is 0 Å². The molecule has 146 valence electrons. The summed E-state index contributed by atoms with van der Waals surface area (Å²) < 4.78 is 6.74. The van der Waals surface area contributed by atoms with Gasteiger partial charge in [-0.1, -0.05) is 51.8 Å². The summed E-state index contributed by atoms with van der Waals surface area (Å²) in [5.41, 5.74) is 2.79. The number of carbonyl (C=O) groups is 2. The molecule has 1 saturated heterocycles. The van der Waals surface area contributed by atoms with E-state index in [-0.39, 0.29) is 17.7 Å². The van der Waals surface area contributed by atoms with Crippen LogP contribution in [0.2, 0.25) is 5.02 Å². The Bertz CT molecular complexity index is 1150. The van der Waals surface area contributed by atoms with E-state index in [2.05, 4.69) is 15.9 Å². The number of imide groups is 1. The highest BCUT2D eigenvalue weighted by molar-refractivity contribution is 9.10. The van der Waals surface area contributed by atoms with E-state index in [1.807, 2.05) is 55.5 Å². The summed E-state index contributed by atoms with van der Waals surface area (Å²) in [6.45, 7) is 2.19. The van der Waals surface area contributed by atoms with Gasteiger partial charge in [-0.15, -0.1) is 0 Å². The van der Waals surface area contributed by atoms with E-state index in [0.29, 0.717) is 21.4 Å².